The van der Waals surface area contributed by atoms with Crippen molar-refractivity contribution in [3.63, 3.8) is 0 Å². The second-order valence-corrected chi connectivity index (χ2v) is 5.28. The van der Waals surface area contributed by atoms with E-state index in [2.05, 4.69) is 29.0 Å². The molecule has 3 nitrogen and oxygen atoms in total. The number of hydrogen-bond donors (Lipinski definition) is 1. The number of nitrogens with zero attached hydrogens (tertiary/aromatic N) is 2. The van der Waals surface area contributed by atoms with Crippen LogP contribution in [0.25, 0.3) is 0 Å². The molecule has 0 spiro atoms. The molecule has 0 radical (unpaired) electrons. The molecule has 16 heavy (non-hydrogen) atoms. The number of rotatable bonds is 5. The molecule has 3 heteroatoms. The molecule has 2 aliphatic heterocycles. The van der Waals surface area contributed by atoms with Gasteiger partial charge in [0.05, 0.1) is 0 Å². The lowest BCUT2D eigenvalue weighted by atomic mass is 10.1. The van der Waals surface area contributed by atoms with Crippen LogP contribution in [0.5, 0.6) is 0 Å². The number of nitrogens with one attached hydrogen (secondary N) is 1. The molecule has 94 valence electrons. The molecule has 1 N–H and O–H groups in total. The molecule has 2 heterocycles. The summed E-state index contributed by atoms with van der Waals surface area (Å²) in [5, 5.41) is 3.47. The summed E-state index contributed by atoms with van der Waals surface area (Å²) in [5.74, 6) is 0.912. The van der Waals surface area contributed by atoms with E-state index in [4.69, 9.17) is 0 Å². The van der Waals surface area contributed by atoms with Crippen molar-refractivity contribution in [2.24, 2.45) is 5.92 Å². The highest BCUT2D eigenvalue weighted by Crippen LogP contribution is 2.18. The first-order valence-electron chi connectivity index (χ1n) is 7.00. The zero-order valence-electron chi connectivity index (χ0n) is 10.9. The number of likely N-dealkylation sites (N-methyl/N-ethyl adjacent to an activating group) is 1. The van der Waals surface area contributed by atoms with Gasteiger partial charge in [0.25, 0.3) is 0 Å². The average molecular weight is 225 g/mol. The van der Waals surface area contributed by atoms with Crippen LogP contribution in [-0.2, 0) is 0 Å². The van der Waals surface area contributed by atoms with Crippen molar-refractivity contribution in [3.05, 3.63) is 0 Å². The van der Waals surface area contributed by atoms with Gasteiger partial charge in [-0.2, -0.15) is 0 Å². The van der Waals surface area contributed by atoms with Crippen molar-refractivity contribution in [3.8, 4) is 0 Å². The fourth-order valence-electron chi connectivity index (χ4n) is 3.25. The quantitative estimate of drug-likeness (QED) is 0.753. The van der Waals surface area contributed by atoms with E-state index < -0.39 is 0 Å². The van der Waals surface area contributed by atoms with Crippen molar-refractivity contribution < 1.29 is 0 Å². The van der Waals surface area contributed by atoms with Gasteiger partial charge in [0.15, 0.2) is 0 Å². The van der Waals surface area contributed by atoms with Gasteiger partial charge >= 0.3 is 0 Å². The van der Waals surface area contributed by atoms with E-state index in [-0.39, 0.29) is 0 Å². The summed E-state index contributed by atoms with van der Waals surface area (Å²) in [7, 11) is 0. The van der Waals surface area contributed by atoms with Crippen molar-refractivity contribution in [2.45, 2.75) is 32.7 Å². The number of hydrogen-bond acceptors (Lipinski definition) is 3. The number of likely N-dealkylation sites (tertiary alicyclic amines) is 1. The third-order valence-electron chi connectivity index (χ3n) is 4.26. The molecule has 0 aromatic heterocycles. The van der Waals surface area contributed by atoms with Gasteiger partial charge in [-0.15, -0.1) is 0 Å². The van der Waals surface area contributed by atoms with Gasteiger partial charge in [-0.3, -0.25) is 4.90 Å². The Balaban J connectivity index is 1.74. The Bertz CT molecular complexity index is 197. The summed E-state index contributed by atoms with van der Waals surface area (Å²) in [6.07, 6.45) is 2.76. The first-order chi connectivity index (χ1) is 7.83. The van der Waals surface area contributed by atoms with Crippen LogP contribution in [0.15, 0.2) is 0 Å². The van der Waals surface area contributed by atoms with Gasteiger partial charge in [0.2, 0.25) is 0 Å². The molecule has 2 rings (SSSR count). The van der Waals surface area contributed by atoms with E-state index in [0.29, 0.717) is 0 Å². The minimum Gasteiger partial charge on any atom is -0.316 e. The largest absolute Gasteiger partial charge is 0.316 e. The van der Waals surface area contributed by atoms with Gasteiger partial charge in [-0.05, 0) is 51.5 Å². The Morgan fingerprint density at radius 2 is 2.06 bits per heavy atom. The first kappa shape index (κ1) is 12.3. The van der Waals surface area contributed by atoms with Crippen molar-refractivity contribution in [1.29, 1.82) is 0 Å². The highest BCUT2D eigenvalue weighted by molar-refractivity contribution is 4.85. The minimum atomic E-state index is 0.823. The lowest BCUT2D eigenvalue weighted by molar-refractivity contribution is 0.203. The molecule has 0 aromatic carbocycles. The van der Waals surface area contributed by atoms with E-state index in [1.807, 2.05) is 0 Å². The van der Waals surface area contributed by atoms with Crippen molar-refractivity contribution in [2.75, 3.05) is 45.8 Å². The Morgan fingerprint density at radius 1 is 1.25 bits per heavy atom. The maximum absolute atomic E-state index is 3.47. The molecule has 2 saturated heterocycles. The summed E-state index contributed by atoms with van der Waals surface area (Å²) in [6, 6.07) is 0.823. The monoisotopic (exact) mass is 225 g/mol. The maximum Gasteiger partial charge on any atom is 0.0235 e. The van der Waals surface area contributed by atoms with Crippen LogP contribution in [0.4, 0.5) is 0 Å². The smallest absolute Gasteiger partial charge is 0.0235 e. The van der Waals surface area contributed by atoms with Crippen LogP contribution >= 0.6 is 0 Å². The third kappa shape index (κ3) is 2.96. The Morgan fingerprint density at radius 3 is 2.69 bits per heavy atom. The summed E-state index contributed by atoms with van der Waals surface area (Å²) in [4.78, 5) is 5.30. The molecular weight excluding hydrogens is 198 g/mol. The summed E-state index contributed by atoms with van der Waals surface area (Å²) in [6.45, 7) is 13.4. The van der Waals surface area contributed by atoms with Crippen LogP contribution < -0.4 is 5.32 Å². The summed E-state index contributed by atoms with van der Waals surface area (Å²) < 4.78 is 0. The minimum absolute atomic E-state index is 0.823. The second kappa shape index (κ2) is 5.99. The van der Waals surface area contributed by atoms with E-state index >= 15 is 0 Å². The predicted octanol–water partition coefficient (Wildman–Crippen LogP) is 1.01. The highest BCUT2D eigenvalue weighted by atomic mass is 15.2. The molecule has 2 fully saturated rings. The van der Waals surface area contributed by atoms with E-state index in [1.165, 1.54) is 58.7 Å². The SMILES string of the molecule is CCN(CC)C1CCN(CC2CCNC2)C1. The summed E-state index contributed by atoms with van der Waals surface area (Å²) in [5.41, 5.74) is 0. The van der Waals surface area contributed by atoms with Gasteiger partial charge in [0, 0.05) is 19.1 Å². The molecular formula is C13H27N3. The molecule has 0 saturated carbocycles. The van der Waals surface area contributed by atoms with Crippen LogP contribution in [0.3, 0.4) is 0 Å². The topological polar surface area (TPSA) is 18.5 Å². The lowest BCUT2D eigenvalue weighted by Crippen LogP contribution is -2.38. The molecule has 0 bridgehead atoms. The van der Waals surface area contributed by atoms with Crippen molar-refractivity contribution in [1.82, 2.24) is 15.1 Å². The second-order valence-electron chi connectivity index (χ2n) is 5.28. The van der Waals surface area contributed by atoms with Gasteiger partial charge in [-0.25, -0.2) is 0 Å². The normalized spacial score (nSPS) is 31.7. The van der Waals surface area contributed by atoms with E-state index in [1.54, 1.807) is 0 Å². The molecule has 0 aliphatic carbocycles. The van der Waals surface area contributed by atoms with Crippen LogP contribution in [-0.4, -0.2) is 61.7 Å². The van der Waals surface area contributed by atoms with Crippen molar-refractivity contribution >= 4 is 0 Å². The molecule has 2 aliphatic rings. The molecule has 2 atom stereocenters. The molecule has 0 amide bonds. The van der Waals surface area contributed by atoms with Gasteiger partial charge in [0.1, 0.15) is 0 Å². The standard InChI is InChI=1S/C13H27N3/c1-3-16(4-2)13-6-8-15(11-13)10-12-5-7-14-9-12/h12-14H,3-11H2,1-2H3. The zero-order valence-corrected chi connectivity index (χ0v) is 10.9. The Kier molecular flexibility index (Phi) is 4.62. The Labute approximate surface area is 100 Å². The van der Waals surface area contributed by atoms with Gasteiger partial charge in [-0.1, -0.05) is 13.8 Å². The van der Waals surface area contributed by atoms with Gasteiger partial charge < -0.3 is 10.2 Å². The van der Waals surface area contributed by atoms with Crippen LogP contribution in [0.1, 0.15) is 26.7 Å². The maximum atomic E-state index is 3.47. The van der Waals surface area contributed by atoms with Crippen LogP contribution in [0, 0.1) is 5.92 Å². The molecule has 2 unspecified atom stereocenters. The lowest BCUT2D eigenvalue weighted by Gasteiger charge is -2.26. The average Bonchev–Trinajstić information content (AvgIpc) is 2.93. The third-order valence-corrected chi connectivity index (χ3v) is 4.26. The highest BCUT2D eigenvalue weighted by Gasteiger charge is 2.28. The van der Waals surface area contributed by atoms with Crippen LogP contribution in [0.2, 0.25) is 0 Å². The fraction of sp³-hybridized carbons (Fsp3) is 1.00. The predicted molar refractivity (Wildman–Crippen MR) is 68.7 cm³/mol. The summed E-state index contributed by atoms with van der Waals surface area (Å²) >= 11 is 0. The first-order valence-corrected chi connectivity index (χ1v) is 7.00. The zero-order chi connectivity index (χ0) is 11.4. The molecule has 0 aromatic rings. The fourth-order valence-corrected chi connectivity index (χ4v) is 3.25. The Hall–Kier alpha value is -0.120. The van der Waals surface area contributed by atoms with E-state index in [0.717, 1.165) is 12.0 Å². The van der Waals surface area contributed by atoms with E-state index in [9.17, 15) is 0 Å².